The summed E-state index contributed by atoms with van der Waals surface area (Å²) in [6.45, 7) is 6.90. The van der Waals surface area contributed by atoms with Crippen LogP contribution in [0, 0.1) is 11.8 Å². The second kappa shape index (κ2) is 7.64. The van der Waals surface area contributed by atoms with Crippen LogP contribution in [0.25, 0.3) is 0 Å². The fourth-order valence-electron chi connectivity index (χ4n) is 1.86. The maximum Gasteiger partial charge on any atom is 0.393 e. The zero-order valence-electron chi connectivity index (χ0n) is 11.7. The minimum absolute atomic E-state index is 0.158. The van der Waals surface area contributed by atoms with Crippen LogP contribution in [0.5, 0.6) is 0 Å². The lowest BCUT2D eigenvalue weighted by molar-refractivity contribution is -0.176. The highest BCUT2D eigenvalue weighted by Gasteiger charge is 2.38. The fourth-order valence-corrected chi connectivity index (χ4v) is 1.86. The summed E-state index contributed by atoms with van der Waals surface area (Å²) < 4.78 is 37.6. The molecule has 0 aromatic rings. The maximum atomic E-state index is 12.5. The van der Waals surface area contributed by atoms with Crippen molar-refractivity contribution in [2.75, 3.05) is 13.1 Å². The van der Waals surface area contributed by atoms with Crippen LogP contribution in [0.3, 0.4) is 0 Å². The number of hydrogen-bond donors (Lipinski definition) is 0. The summed E-state index contributed by atoms with van der Waals surface area (Å²) in [7, 11) is 0. The number of carbonyl (C=O) groups is 1. The molecule has 18 heavy (non-hydrogen) atoms. The van der Waals surface area contributed by atoms with Crippen LogP contribution < -0.4 is 0 Å². The highest BCUT2D eigenvalue weighted by Crippen LogP contribution is 2.27. The lowest BCUT2D eigenvalue weighted by atomic mass is 10.0. The van der Waals surface area contributed by atoms with Gasteiger partial charge in [0.1, 0.15) is 0 Å². The summed E-state index contributed by atoms with van der Waals surface area (Å²) in [5.41, 5.74) is 0. The number of halogens is 3. The maximum absolute atomic E-state index is 12.5. The topological polar surface area (TPSA) is 20.3 Å². The average Bonchev–Trinajstić information content (AvgIpc) is 2.26. The molecular formula is C13H24F3NO. The van der Waals surface area contributed by atoms with Crippen molar-refractivity contribution in [3.8, 4) is 0 Å². The molecule has 0 radical (unpaired) electrons. The van der Waals surface area contributed by atoms with Crippen molar-refractivity contribution < 1.29 is 18.0 Å². The molecule has 0 bridgehead atoms. The SMILES string of the molecule is CCCC(C)C(=O)N(CCC)CC(C)C(F)(F)F. The fraction of sp³-hybridized carbons (Fsp3) is 0.923. The first-order valence-electron chi connectivity index (χ1n) is 6.59. The zero-order valence-corrected chi connectivity index (χ0v) is 11.7. The van der Waals surface area contributed by atoms with Gasteiger partial charge in [0.25, 0.3) is 0 Å². The Balaban J connectivity index is 4.60. The van der Waals surface area contributed by atoms with E-state index < -0.39 is 12.1 Å². The zero-order chi connectivity index (χ0) is 14.3. The molecule has 0 aliphatic rings. The molecule has 2 nitrogen and oxygen atoms in total. The van der Waals surface area contributed by atoms with Crippen molar-refractivity contribution in [3.05, 3.63) is 0 Å². The van der Waals surface area contributed by atoms with Gasteiger partial charge < -0.3 is 4.90 Å². The normalized spacial score (nSPS) is 15.3. The molecule has 0 spiro atoms. The summed E-state index contributed by atoms with van der Waals surface area (Å²) in [6, 6.07) is 0. The number of hydrogen-bond acceptors (Lipinski definition) is 1. The second-order valence-corrected chi connectivity index (χ2v) is 4.92. The third kappa shape index (κ3) is 5.74. The first kappa shape index (κ1) is 17.3. The Hall–Kier alpha value is -0.740. The predicted molar refractivity (Wildman–Crippen MR) is 66.2 cm³/mol. The number of nitrogens with zero attached hydrogens (tertiary/aromatic N) is 1. The Morgan fingerprint density at radius 1 is 1.17 bits per heavy atom. The van der Waals surface area contributed by atoms with E-state index in [9.17, 15) is 18.0 Å². The van der Waals surface area contributed by atoms with E-state index in [0.717, 1.165) is 19.8 Å². The molecule has 2 atom stereocenters. The monoisotopic (exact) mass is 267 g/mol. The molecular weight excluding hydrogens is 243 g/mol. The van der Waals surface area contributed by atoms with Crippen LogP contribution in [0.2, 0.25) is 0 Å². The van der Waals surface area contributed by atoms with Gasteiger partial charge in [0, 0.05) is 19.0 Å². The predicted octanol–water partition coefficient (Wildman–Crippen LogP) is 3.86. The number of carbonyl (C=O) groups excluding carboxylic acids is 1. The molecule has 0 aliphatic carbocycles. The molecule has 0 fully saturated rings. The van der Waals surface area contributed by atoms with Crippen LogP contribution in [0.4, 0.5) is 13.2 Å². The smallest absolute Gasteiger partial charge is 0.342 e. The van der Waals surface area contributed by atoms with Crippen molar-refractivity contribution in [1.82, 2.24) is 4.90 Å². The van der Waals surface area contributed by atoms with E-state index in [4.69, 9.17) is 0 Å². The summed E-state index contributed by atoms with van der Waals surface area (Å²) in [4.78, 5) is 13.4. The van der Waals surface area contributed by atoms with Crippen LogP contribution in [-0.4, -0.2) is 30.1 Å². The first-order chi connectivity index (χ1) is 8.23. The summed E-state index contributed by atoms with van der Waals surface area (Å²) in [5, 5.41) is 0. The minimum Gasteiger partial charge on any atom is -0.342 e. The molecule has 0 rings (SSSR count). The third-order valence-corrected chi connectivity index (χ3v) is 3.00. The van der Waals surface area contributed by atoms with E-state index in [1.54, 1.807) is 6.92 Å². The van der Waals surface area contributed by atoms with Gasteiger partial charge in [-0.05, 0) is 12.8 Å². The largest absolute Gasteiger partial charge is 0.393 e. The standard InChI is InChI=1S/C13H24F3NO/c1-5-7-10(3)12(18)17(8-6-2)9-11(4)13(14,15)16/h10-11H,5-9H2,1-4H3. The minimum atomic E-state index is -4.24. The van der Waals surface area contributed by atoms with E-state index in [2.05, 4.69) is 0 Å². The molecule has 0 saturated heterocycles. The average molecular weight is 267 g/mol. The molecule has 1 amide bonds. The van der Waals surface area contributed by atoms with Crippen LogP contribution >= 0.6 is 0 Å². The number of amides is 1. The van der Waals surface area contributed by atoms with Crippen LogP contribution in [0.15, 0.2) is 0 Å². The molecule has 0 aromatic heterocycles. The van der Waals surface area contributed by atoms with Gasteiger partial charge in [0.2, 0.25) is 5.91 Å². The van der Waals surface area contributed by atoms with Gasteiger partial charge >= 0.3 is 6.18 Å². The molecule has 0 aromatic carbocycles. The molecule has 0 aliphatic heterocycles. The van der Waals surface area contributed by atoms with Crippen molar-refractivity contribution in [2.24, 2.45) is 11.8 Å². The van der Waals surface area contributed by atoms with E-state index in [1.165, 1.54) is 4.90 Å². The van der Waals surface area contributed by atoms with Crippen molar-refractivity contribution in [3.63, 3.8) is 0 Å². The lowest BCUT2D eigenvalue weighted by Gasteiger charge is -2.29. The van der Waals surface area contributed by atoms with Gasteiger partial charge in [-0.1, -0.05) is 34.1 Å². The number of alkyl halides is 3. The summed E-state index contributed by atoms with van der Waals surface area (Å²) >= 11 is 0. The van der Waals surface area contributed by atoms with E-state index in [0.29, 0.717) is 13.0 Å². The molecule has 108 valence electrons. The highest BCUT2D eigenvalue weighted by atomic mass is 19.4. The summed E-state index contributed by atoms with van der Waals surface area (Å²) in [6.07, 6.45) is -1.98. The van der Waals surface area contributed by atoms with Crippen molar-refractivity contribution in [2.45, 2.75) is 53.1 Å². The highest BCUT2D eigenvalue weighted by molar-refractivity contribution is 5.78. The van der Waals surface area contributed by atoms with E-state index in [1.807, 2.05) is 13.8 Å². The molecule has 0 heterocycles. The van der Waals surface area contributed by atoms with Crippen LogP contribution in [0.1, 0.15) is 47.0 Å². The Kier molecular flexibility index (Phi) is 7.33. The van der Waals surface area contributed by atoms with Gasteiger partial charge in [-0.2, -0.15) is 13.2 Å². The summed E-state index contributed by atoms with van der Waals surface area (Å²) in [5.74, 6) is -1.82. The molecule has 0 saturated carbocycles. The Morgan fingerprint density at radius 2 is 1.72 bits per heavy atom. The number of rotatable bonds is 7. The van der Waals surface area contributed by atoms with Gasteiger partial charge in [-0.15, -0.1) is 0 Å². The molecule has 0 N–H and O–H groups in total. The Bertz CT molecular complexity index is 253. The third-order valence-electron chi connectivity index (χ3n) is 3.00. The quantitative estimate of drug-likeness (QED) is 0.686. The van der Waals surface area contributed by atoms with E-state index in [-0.39, 0.29) is 18.4 Å². The first-order valence-corrected chi connectivity index (χ1v) is 6.59. The van der Waals surface area contributed by atoms with Gasteiger partial charge in [0.15, 0.2) is 0 Å². The van der Waals surface area contributed by atoms with E-state index >= 15 is 0 Å². The van der Waals surface area contributed by atoms with Gasteiger partial charge in [0.05, 0.1) is 5.92 Å². The van der Waals surface area contributed by atoms with Crippen molar-refractivity contribution >= 4 is 5.91 Å². The van der Waals surface area contributed by atoms with Gasteiger partial charge in [-0.25, -0.2) is 0 Å². The van der Waals surface area contributed by atoms with Crippen LogP contribution in [-0.2, 0) is 4.79 Å². The van der Waals surface area contributed by atoms with Gasteiger partial charge in [-0.3, -0.25) is 4.79 Å². The Labute approximate surface area is 108 Å². The van der Waals surface area contributed by atoms with Crippen molar-refractivity contribution in [1.29, 1.82) is 0 Å². The Morgan fingerprint density at radius 3 is 2.11 bits per heavy atom. The molecule has 2 unspecified atom stereocenters. The second-order valence-electron chi connectivity index (χ2n) is 4.92. The lowest BCUT2D eigenvalue weighted by Crippen LogP contribution is -2.42. The molecule has 5 heteroatoms.